The van der Waals surface area contributed by atoms with E-state index in [1.165, 1.54) is 4.90 Å². The quantitative estimate of drug-likeness (QED) is 0.513. The molecule has 29 heavy (non-hydrogen) atoms. The first-order chi connectivity index (χ1) is 13.6. The first-order valence-corrected chi connectivity index (χ1v) is 10.5. The highest BCUT2D eigenvalue weighted by atomic mass is 79.9. The van der Waals surface area contributed by atoms with Gasteiger partial charge in [0.05, 0.1) is 6.04 Å². The Hall–Kier alpha value is -2.34. The Labute approximate surface area is 181 Å². The largest absolute Gasteiger partial charge is 0.465 e. The van der Waals surface area contributed by atoms with Gasteiger partial charge in [-0.05, 0) is 48.9 Å². The minimum Gasteiger partial charge on any atom is -0.465 e. The van der Waals surface area contributed by atoms with Crippen LogP contribution in [0.5, 0.6) is 0 Å². The van der Waals surface area contributed by atoms with Crippen molar-refractivity contribution in [2.24, 2.45) is 11.1 Å². The van der Waals surface area contributed by atoms with E-state index in [1.54, 1.807) is 0 Å². The van der Waals surface area contributed by atoms with Gasteiger partial charge in [0.2, 0.25) is 5.91 Å². The molecule has 0 bridgehead atoms. The first-order valence-electron chi connectivity index (χ1n) is 9.71. The van der Waals surface area contributed by atoms with Crippen molar-refractivity contribution in [2.45, 2.75) is 45.6 Å². The van der Waals surface area contributed by atoms with E-state index in [-0.39, 0.29) is 17.9 Å². The molecule has 156 valence electrons. The smallest absolute Gasteiger partial charge is 0.407 e. The number of rotatable bonds is 9. The average Bonchev–Trinajstić information content (AvgIpc) is 2.67. The van der Waals surface area contributed by atoms with Crippen LogP contribution in [-0.4, -0.2) is 28.6 Å². The van der Waals surface area contributed by atoms with Gasteiger partial charge in [0.1, 0.15) is 0 Å². The maximum Gasteiger partial charge on any atom is 0.407 e. The molecule has 0 aliphatic rings. The van der Waals surface area contributed by atoms with Gasteiger partial charge < -0.3 is 15.7 Å². The third-order valence-electron chi connectivity index (χ3n) is 5.48. The van der Waals surface area contributed by atoms with Crippen molar-refractivity contribution in [3.8, 4) is 0 Å². The maximum atomic E-state index is 12.0. The number of benzene rings is 2. The molecule has 5 nitrogen and oxygen atoms in total. The van der Waals surface area contributed by atoms with Gasteiger partial charge in [0.25, 0.3) is 0 Å². The van der Waals surface area contributed by atoms with Crippen molar-refractivity contribution in [1.29, 1.82) is 0 Å². The lowest BCUT2D eigenvalue weighted by Crippen LogP contribution is -2.36. The van der Waals surface area contributed by atoms with Gasteiger partial charge >= 0.3 is 6.09 Å². The molecule has 2 aromatic carbocycles. The Kier molecular flexibility index (Phi) is 7.85. The summed E-state index contributed by atoms with van der Waals surface area (Å²) in [4.78, 5) is 25.3. The predicted molar refractivity (Wildman–Crippen MR) is 119 cm³/mol. The van der Waals surface area contributed by atoms with Crippen LogP contribution in [0.4, 0.5) is 4.79 Å². The molecule has 0 spiro atoms. The standard InChI is InChI=1S/C23H29BrN2O3/c1-16(17-9-11-20(24)12-10-17)26(22(28)29)14-13-19(15-23(2,3)21(25)27)18-7-5-4-6-8-18/h4-12,16,19H,13-15H2,1-3H3,(H2,25,27)(H,28,29)/t16-,19+/m0/s1. The summed E-state index contributed by atoms with van der Waals surface area (Å²) in [6, 6.07) is 17.3. The molecule has 2 amide bonds. The van der Waals surface area contributed by atoms with Crippen LogP contribution in [0.3, 0.4) is 0 Å². The molecule has 0 fully saturated rings. The Morgan fingerprint density at radius 2 is 1.66 bits per heavy atom. The molecule has 0 aromatic heterocycles. The van der Waals surface area contributed by atoms with Gasteiger partial charge in [-0.2, -0.15) is 0 Å². The number of amides is 2. The summed E-state index contributed by atoms with van der Waals surface area (Å²) < 4.78 is 0.952. The normalized spacial score (nSPS) is 13.5. The van der Waals surface area contributed by atoms with Crippen molar-refractivity contribution in [3.63, 3.8) is 0 Å². The van der Waals surface area contributed by atoms with E-state index >= 15 is 0 Å². The van der Waals surface area contributed by atoms with Crippen molar-refractivity contribution in [2.75, 3.05) is 6.54 Å². The number of nitrogens with zero attached hydrogens (tertiary/aromatic N) is 1. The fourth-order valence-corrected chi connectivity index (χ4v) is 3.76. The third kappa shape index (κ3) is 6.32. The molecule has 0 aliphatic heterocycles. The molecule has 0 saturated carbocycles. The van der Waals surface area contributed by atoms with Crippen molar-refractivity contribution < 1.29 is 14.7 Å². The summed E-state index contributed by atoms with van der Waals surface area (Å²) >= 11 is 3.41. The SMILES string of the molecule is C[C@@H](c1ccc(Br)cc1)N(CC[C@H](CC(C)(C)C(N)=O)c1ccccc1)C(=O)O. The molecule has 0 saturated heterocycles. The maximum absolute atomic E-state index is 12.0. The molecule has 0 aliphatic carbocycles. The second-order valence-corrected chi connectivity index (χ2v) is 8.97. The van der Waals surface area contributed by atoms with Gasteiger partial charge in [-0.1, -0.05) is 72.2 Å². The lowest BCUT2D eigenvalue weighted by molar-refractivity contribution is -0.126. The van der Waals surface area contributed by atoms with Gasteiger partial charge in [0.15, 0.2) is 0 Å². The lowest BCUT2D eigenvalue weighted by atomic mass is 9.78. The molecule has 2 aromatic rings. The number of nitrogens with two attached hydrogens (primary N) is 1. The summed E-state index contributed by atoms with van der Waals surface area (Å²) in [7, 11) is 0. The molecular formula is C23H29BrN2O3. The zero-order chi connectivity index (χ0) is 21.6. The molecule has 6 heteroatoms. The van der Waals surface area contributed by atoms with Crippen LogP contribution in [0.25, 0.3) is 0 Å². The highest BCUT2D eigenvalue weighted by molar-refractivity contribution is 9.10. The van der Waals surface area contributed by atoms with Crippen molar-refractivity contribution in [1.82, 2.24) is 4.90 Å². The van der Waals surface area contributed by atoms with Crippen LogP contribution < -0.4 is 5.73 Å². The summed E-state index contributed by atoms with van der Waals surface area (Å²) in [6.07, 6.45) is 0.210. The summed E-state index contributed by atoms with van der Waals surface area (Å²) in [5.74, 6) is -0.325. The van der Waals surface area contributed by atoms with Crippen LogP contribution in [0.2, 0.25) is 0 Å². The molecule has 0 heterocycles. The topological polar surface area (TPSA) is 83.6 Å². The zero-order valence-corrected chi connectivity index (χ0v) is 18.7. The fraction of sp³-hybridized carbons (Fsp3) is 0.391. The van der Waals surface area contributed by atoms with Gasteiger partial charge in [0, 0.05) is 16.4 Å². The van der Waals surface area contributed by atoms with Crippen LogP contribution in [0.1, 0.15) is 56.7 Å². The lowest BCUT2D eigenvalue weighted by Gasteiger charge is -2.31. The van der Waals surface area contributed by atoms with E-state index in [0.717, 1.165) is 15.6 Å². The minimum atomic E-state index is -0.957. The first kappa shape index (κ1) is 22.9. The molecule has 0 radical (unpaired) electrons. The number of hydrogen-bond donors (Lipinski definition) is 2. The van der Waals surface area contributed by atoms with Gasteiger partial charge in [-0.25, -0.2) is 4.79 Å². The average molecular weight is 461 g/mol. The summed E-state index contributed by atoms with van der Waals surface area (Å²) in [5.41, 5.74) is 6.94. The predicted octanol–water partition coefficient (Wildman–Crippen LogP) is 5.57. The number of carbonyl (C=O) groups is 2. The minimum absolute atomic E-state index is 0.0256. The Bertz CT molecular complexity index is 822. The number of carboxylic acid groups (broad SMARTS) is 1. The van der Waals surface area contributed by atoms with Crippen LogP contribution in [0.15, 0.2) is 59.1 Å². The summed E-state index contributed by atoms with van der Waals surface area (Å²) in [5, 5.41) is 9.81. The van der Waals surface area contributed by atoms with E-state index in [9.17, 15) is 14.7 Å². The monoisotopic (exact) mass is 460 g/mol. The second-order valence-electron chi connectivity index (χ2n) is 8.05. The number of carbonyl (C=O) groups excluding carboxylic acids is 1. The van der Waals surface area contributed by atoms with E-state index in [1.807, 2.05) is 75.4 Å². The van der Waals surface area contributed by atoms with Crippen molar-refractivity contribution in [3.05, 3.63) is 70.2 Å². The Morgan fingerprint density at radius 3 is 2.17 bits per heavy atom. The highest BCUT2D eigenvalue weighted by Crippen LogP contribution is 2.35. The van der Waals surface area contributed by atoms with Crippen LogP contribution in [0, 0.1) is 5.41 Å². The van der Waals surface area contributed by atoms with E-state index in [4.69, 9.17) is 5.73 Å². The Balaban J connectivity index is 2.21. The van der Waals surface area contributed by atoms with E-state index < -0.39 is 11.5 Å². The summed E-state index contributed by atoms with van der Waals surface area (Å²) in [6.45, 7) is 5.93. The highest BCUT2D eigenvalue weighted by Gasteiger charge is 2.31. The third-order valence-corrected chi connectivity index (χ3v) is 6.01. The number of primary amides is 1. The van der Waals surface area contributed by atoms with Gasteiger partial charge in [-0.15, -0.1) is 0 Å². The molecule has 3 N–H and O–H groups in total. The second kappa shape index (κ2) is 9.92. The van der Waals surface area contributed by atoms with E-state index in [2.05, 4.69) is 15.9 Å². The number of hydrogen-bond acceptors (Lipinski definition) is 2. The molecule has 0 unspecified atom stereocenters. The molecule has 2 rings (SSSR count). The van der Waals surface area contributed by atoms with E-state index in [0.29, 0.717) is 19.4 Å². The van der Waals surface area contributed by atoms with Crippen LogP contribution in [-0.2, 0) is 4.79 Å². The van der Waals surface area contributed by atoms with Crippen molar-refractivity contribution >= 4 is 27.9 Å². The van der Waals surface area contributed by atoms with Gasteiger partial charge in [-0.3, -0.25) is 4.79 Å². The zero-order valence-electron chi connectivity index (χ0n) is 17.1. The molecular weight excluding hydrogens is 432 g/mol. The molecule has 2 atom stereocenters. The number of halogens is 1. The van der Waals surface area contributed by atoms with Crippen LogP contribution >= 0.6 is 15.9 Å². The Morgan fingerprint density at radius 1 is 1.07 bits per heavy atom. The fourth-order valence-electron chi connectivity index (χ4n) is 3.50.